The first-order valence-electron chi connectivity index (χ1n) is 9.70. The number of benzene rings is 1. The molecule has 1 saturated heterocycles. The fourth-order valence-electron chi connectivity index (χ4n) is 3.38. The lowest BCUT2D eigenvalue weighted by atomic mass is 10.2. The van der Waals surface area contributed by atoms with Gasteiger partial charge >= 0.3 is 0 Å². The van der Waals surface area contributed by atoms with Crippen LogP contribution in [0.3, 0.4) is 0 Å². The number of nitrogens with zero attached hydrogens (tertiary/aromatic N) is 4. The van der Waals surface area contributed by atoms with Crippen molar-refractivity contribution in [3.05, 3.63) is 41.2 Å². The van der Waals surface area contributed by atoms with E-state index in [-0.39, 0.29) is 6.42 Å². The second kappa shape index (κ2) is 10.3. The number of rotatable bonds is 9. The van der Waals surface area contributed by atoms with Crippen LogP contribution in [-0.2, 0) is 11.2 Å². The van der Waals surface area contributed by atoms with E-state index in [0.717, 1.165) is 62.1 Å². The minimum absolute atomic E-state index is 0.124. The van der Waals surface area contributed by atoms with Gasteiger partial charge in [-0.1, -0.05) is 11.6 Å². The van der Waals surface area contributed by atoms with E-state index in [1.165, 1.54) is 0 Å². The van der Waals surface area contributed by atoms with Crippen LogP contribution in [0.25, 0.3) is 0 Å². The minimum Gasteiger partial charge on any atom is -0.495 e. The first-order chi connectivity index (χ1) is 14.0. The summed E-state index contributed by atoms with van der Waals surface area (Å²) in [5.74, 6) is 0.983. The number of halogens is 1. The molecule has 0 radical (unpaired) electrons. The zero-order chi connectivity index (χ0) is 20.6. The van der Waals surface area contributed by atoms with Crippen LogP contribution in [0.1, 0.15) is 12.1 Å². The summed E-state index contributed by atoms with van der Waals surface area (Å²) in [6.07, 6.45) is 2.74. The van der Waals surface area contributed by atoms with Gasteiger partial charge in [0.15, 0.2) is 0 Å². The second-order valence-electron chi connectivity index (χ2n) is 6.94. The number of anilines is 2. The first kappa shape index (κ1) is 21.1. The van der Waals surface area contributed by atoms with Crippen molar-refractivity contribution in [3.63, 3.8) is 0 Å². The van der Waals surface area contributed by atoms with Crippen molar-refractivity contribution in [2.75, 3.05) is 56.6 Å². The third-order valence-corrected chi connectivity index (χ3v) is 5.09. The average Bonchev–Trinajstić information content (AvgIpc) is 2.71. The summed E-state index contributed by atoms with van der Waals surface area (Å²) < 4.78 is 5.47. The highest BCUT2D eigenvalue weighted by Gasteiger charge is 2.19. The number of aromatic nitrogens is 2. The third kappa shape index (κ3) is 6.20. The van der Waals surface area contributed by atoms with Gasteiger partial charge in [0.2, 0.25) is 11.9 Å². The second-order valence-corrected chi connectivity index (χ2v) is 7.38. The van der Waals surface area contributed by atoms with Crippen LogP contribution in [0.15, 0.2) is 30.5 Å². The molecule has 1 aromatic heterocycles. The maximum Gasteiger partial charge on any atom is 0.223 e. The van der Waals surface area contributed by atoms with Gasteiger partial charge in [-0.05, 0) is 37.2 Å². The van der Waals surface area contributed by atoms with E-state index in [2.05, 4.69) is 25.1 Å². The summed E-state index contributed by atoms with van der Waals surface area (Å²) >= 11 is 6.16. The van der Waals surface area contributed by atoms with Crippen molar-refractivity contribution in [1.29, 1.82) is 0 Å². The van der Waals surface area contributed by atoms with Crippen molar-refractivity contribution < 1.29 is 9.53 Å². The molecule has 8 nitrogen and oxygen atoms in total. The molecule has 156 valence electrons. The molecule has 2 heterocycles. The largest absolute Gasteiger partial charge is 0.495 e. The van der Waals surface area contributed by atoms with Crippen LogP contribution in [0.2, 0.25) is 5.02 Å². The smallest absolute Gasteiger partial charge is 0.223 e. The molecule has 1 aliphatic rings. The number of carbonyl (C=O) groups excluding carboxylic acids is 1. The molecular formula is C20H27ClN6O2. The number of nitrogens with one attached hydrogen (secondary N) is 1. The van der Waals surface area contributed by atoms with E-state index in [1.54, 1.807) is 19.4 Å². The SMILES string of the molecule is COc1ccc(Cl)cc1N1CCN(CCCNc2nccc(CC(N)=O)n2)CC1. The summed E-state index contributed by atoms with van der Waals surface area (Å²) in [6.45, 7) is 5.60. The quantitative estimate of drug-likeness (QED) is 0.599. The highest BCUT2D eigenvalue weighted by atomic mass is 35.5. The number of amides is 1. The maximum absolute atomic E-state index is 11.0. The Morgan fingerprint density at radius 1 is 1.28 bits per heavy atom. The molecule has 1 aliphatic heterocycles. The molecule has 1 fully saturated rings. The Morgan fingerprint density at radius 3 is 2.79 bits per heavy atom. The summed E-state index contributed by atoms with van der Waals surface area (Å²) in [6, 6.07) is 7.42. The molecule has 3 N–H and O–H groups in total. The number of primary amides is 1. The van der Waals surface area contributed by atoms with E-state index >= 15 is 0 Å². The third-order valence-electron chi connectivity index (χ3n) is 4.86. The molecule has 2 aromatic rings. The van der Waals surface area contributed by atoms with Crippen molar-refractivity contribution in [2.45, 2.75) is 12.8 Å². The molecule has 0 saturated carbocycles. The molecule has 9 heteroatoms. The van der Waals surface area contributed by atoms with Gasteiger partial charge in [-0.2, -0.15) is 0 Å². The van der Waals surface area contributed by atoms with Gasteiger partial charge in [-0.3, -0.25) is 9.69 Å². The number of ether oxygens (including phenoxy) is 1. The molecular weight excluding hydrogens is 392 g/mol. The Balaban J connectivity index is 1.41. The number of nitrogens with two attached hydrogens (primary N) is 1. The number of hydrogen-bond acceptors (Lipinski definition) is 7. The number of carbonyl (C=O) groups is 1. The zero-order valence-corrected chi connectivity index (χ0v) is 17.4. The number of piperazine rings is 1. The fraction of sp³-hybridized carbons (Fsp3) is 0.450. The summed E-state index contributed by atoms with van der Waals surface area (Å²) in [7, 11) is 1.68. The zero-order valence-electron chi connectivity index (χ0n) is 16.6. The summed E-state index contributed by atoms with van der Waals surface area (Å²) in [5.41, 5.74) is 6.88. The molecule has 29 heavy (non-hydrogen) atoms. The normalized spacial score (nSPS) is 14.6. The molecule has 0 atom stereocenters. The van der Waals surface area contributed by atoms with Crippen molar-refractivity contribution in [1.82, 2.24) is 14.9 Å². The Morgan fingerprint density at radius 2 is 2.07 bits per heavy atom. The van der Waals surface area contributed by atoms with Crippen molar-refractivity contribution in [3.8, 4) is 5.75 Å². The molecule has 0 bridgehead atoms. The van der Waals surface area contributed by atoms with Gasteiger partial charge in [-0.15, -0.1) is 0 Å². The predicted octanol–water partition coefficient (Wildman–Crippen LogP) is 1.79. The van der Waals surface area contributed by atoms with Gasteiger partial charge in [-0.25, -0.2) is 9.97 Å². The lowest BCUT2D eigenvalue weighted by Crippen LogP contribution is -2.47. The Bertz CT molecular complexity index is 826. The van der Waals surface area contributed by atoms with E-state index in [9.17, 15) is 4.79 Å². The highest BCUT2D eigenvalue weighted by Crippen LogP contribution is 2.31. The van der Waals surface area contributed by atoms with Crippen LogP contribution in [0.5, 0.6) is 5.75 Å². The Hall–Kier alpha value is -2.58. The van der Waals surface area contributed by atoms with Crippen LogP contribution in [0, 0.1) is 0 Å². The van der Waals surface area contributed by atoms with E-state index in [4.69, 9.17) is 22.1 Å². The lowest BCUT2D eigenvalue weighted by Gasteiger charge is -2.36. The van der Waals surface area contributed by atoms with Crippen LogP contribution in [-0.4, -0.2) is 67.2 Å². The lowest BCUT2D eigenvalue weighted by molar-refractivity contribution is -0.117. The minimum atomic E-state index is -0.399. The predicted molar refractivity (Wildman–Crippen MR) is 115 cm³/mol. The maximum atomic E-state index is 11.0. The molecule has 1 amide bonds. The monoisotopic (exact) mass is 418 g/mol. The summed E-state index contributed by atoms with van der Waals surface area (Å²) in [5, 5.41) is 3.93. The van der Waals surface area contributed by atoms with Crippen LogP contribution >= 0.6 is 11.6 Å². The average molecular weight is 419 g/mol. The van der Waals surface area contributed by atoms with Gasteiger partial charge in [0, 0.05) is 43.9 Å². The van der Waals surface area contributed by atoms with Gasteiger partial charge in [0.25, 0.3) is 0 Å². The van der Waals surface area contributed by atoms with E-state index in [1.807, 2.05) is 18.2 Å². The van der Waals surface area contributed by atoms with E-state index < -0.39 is 5.91 Å². The molecule has 0 spiro atoms. The van der Waals surface area contributed by atoms with Gasteiger partial charge < -0.3 is 20.7 Å². The molecule has 3 rings (SSSR count). The summed E-state index contributed by atoms with van der Waals surface area (Å²) in [4.78, 5) is 24.2. The van der Waals surface area contributed by atoms with Crippen molar-refractivity contribution in [2.24, 2.45) is 5.73 Å². The topological polar surface area (TPSA) is 96.6 Å². The van der Waals surface area contributed by atoms with Crippen LogP contribution in [0.4, 0.5) is 11.6 Å². The highest BCUT2D eigenvalue weighted by molar-refractivity contribution is 6.30. The fourth-order valence-corrected chi connectivity index (χ4v) is 3.55. The first-order valence-corrected chi connectivity index (χ1v) is 10.1. The Kier molecular flexibility index (Phi) is 7.48. The van der Waals surface area contributed by atoms with Gasteiger partial charge in [0.1, 0.15) is 5.75 Å². The molecule has 0 unspecified atom stereocenters. The number of methoxy groups -OCH3 is 1. The van der Waals surface area contributed by atoms with Gasteiger partial charge in [0.05, 0.1) is 24.9 Å². The van der Waals surface area contributed by atoms with Crippen LogP contribution < -0.4 is 20.7 Å². The number of hydrogen-bond donors (Lipinski definition) is 2. The standard InChI is InChI=1S/C20H27ClN6O2/c1-29-18-4-3-15(21)13-17(18)27-11-9-26(10-12-27)8-2-6-23-20-24-7-5-16(25-20)14-19(22)28/h3-5,7,13H,2,6,8-12,14H2,1H3,(H2,22,28)(H,23,24,25). The van der Waals surface area contributed by atoms with E-state index in [0.29, 0.717) is 11.6 Å². The molecule has 0 aliphatic carbocycles. The molecule has 1 aromatic carbocycles. The van der Waals surface area contributed by atoms with Crippen molar-refractivity contribution >= 4 is 29.1 Å². The Labute approximate surface area is 176 Å².